The van der Waals surface area contributed by atoms with E-state index in [1.807, 2.05) is 24.4 Å². The molecule has 36 heavy (non-hydrogen) atoms. The molecule has 1 amide bonds. The molecule has 0 saturated carbocycles. The van der Waals surface area contributed by atoms with Crippen LogP contribution in [-0.2, 0) is 17.6 Å². The number of aliphatic hydroxyl groups excluding tert-OH is 1. The molecular weight excluding hydrogens is 454 g/mol. The zero-order chi connectivity index (χ0) is 25.8. The lowest BCUT2D eigenvalue weighted by atomic mass is 9.97. The van der Waals surface area contributed by atoms with Gasteiger partial charge in [-0.15, -0.1) is 0 Å². The first-order valence-electron chi connectivity index (χ1n) is 12.5. The van der Waals surface area contributed by atoms with E-state index >= 15 is 0 Å². The maximum absolute atomic E-state index is 12.5. The molecule has 0 spiro atoms. The summed E-state index contributed by atoms with van der Waals surface area (Å²) < 4.78 is 11.0. The fourth-order valence-electron chi connectivity index (χ4n) is 4.70. The van der Waals surface area contributed by atoms with Crippen LogP contribution in [-0.4, -0.2) is 27.7 Å². The Bertz CT molecular complexity index is 1330. The molecule has 4 rings (SSSR count). The van der Waals surface area contributed by atoms with Crippen LogP contribution in [0.5, 0.6) is 0 Å². The molecule has 2 N–H and O–H groups in total. The number of carbonyl (C=O) groups is 1. The molecule has 0 aliphatic rings. The van der Waals surface area contributed by atoms with Crippen LogP contribution in [0.2, 0.25) is 0 Å². The lowest BCUT2D eigenvalue weighted by molar-refractivity contribution is -0.120. The van der Waals surface area contributed by atoms with Gasteiger partial charge >= 0.3 is 0 Å². The van der Waals surface area contributed by atoms with Crippen molar-refractivity contribution in [3.05, 3.63) is 81.7 Å². The molecule has 3 aromatic heterocycles. The van der Waals surface area contributed by atoms with Gasteiger partial charge in [-0.05, 0) is 87.8 Å². The molecule has 0 radical (unpaired) electrons. The van der Waals surface area contributed by atoms with Crippen LogP contribution in [0.25, 0.3) is 11.0 Å². The molecule has 0 aliphatic carbocycles. The highest BCUT2D eigenvalue weighted by Crippen LogP contribution is 2.32. The van der Waals surface area contributed by atoms with Crippen LogP contribution in [0.15, 0.2) is 45.5 Å². The van der Waals surface area contributed by atoms with E-state index in [1.54, 1.807) is 19.9 Å². The maximum Gasteiger partial charge on any atom is 0.224 e. The second kappa shape index (κ2) is 11.1. The van der Waals surface area contributed by atoms with Crippen LogP contribution in [0, 0.1) is 33.6 Å². The van der Waals surface area contributed by atoms with Crippen molar-refractivity contribution in [2.45, 2.75) is 66.4 Å². The SMILES string of the molecule is Cc1cnc(C[C@H](C)CCCNC(=O)Cc2ccc3oc(C(O)c4c(C)noc4C)cc3c2)c(C)c1. The number of aromatic nitrogens is 2. The molecule has 3 heterocycles. The number of furan rings is 1. The zero-order valence-corrected chi connectivity index (χ0v) is 21.7. The maximum atomic E-state index is 12.5. The number of aliphatic hydroxyl groups is 1. The fraction of sp³-hybridized carbons (Fsp3) is 0.414. The van der Waals surface area contributed by atoms with Gasteiger partial charge < -0.3 is 19.4 Å². The Morgan fingerprint density at radius 3 is 2.67 bits per heavy atom. The van der Waals surface area contributed by atoms with Crippen molar-refractivity contribution in [3.8, 4) is 0 Å². The topological polar surface area (TPSA) is 101 Å². The molecule has 0 saturated heterocycles. The molecular formula is C29H35N3O4. The van der Waals surface area contributed by atoms with Crippen molar-refractivity contribution in [2.75, 3.05) is 6.54 Å². The summed E-state index contributed by atoms with van der Waals surface area (Å²) in [6.07, 6.45) is 4.19. The van der Waals surface area contributed by atoms with E-state index in [0.717, 1.165) is 35.9 Å². The Labute approximate surface area is 211 Å². The summed E-state index contributed by atoms with van der Waals surface area (Å²) in [6.45, 7) is 10.6. The standard InChI is InChI=1S/C29H35N3O4/c1-17(12-24-19(3)11-18(2)16-31-24)7-6-10-30-27(33)14-22-8-9-25-23(13-22)15-26(35-25)29(34)28-20(4)32-36-21(28)5/h8-9,11,13,15-17,29,34H,6-7,10,12,14H2,1-5H3,(H,30,33)/t17-,29?/m1/s1. The van der Waals surface area contributed by atoms with E-state index in [9.17, 15) is 9.90 Å². The molecule has 2 atom stereocenters. The Kier molecular flexibility index (Phi) is 7.89. The molecule has 1 unspecified atom stereocenters. The van der Waals surface area contributed by atoms with E-state index in [-0.39, 0.29) is 5.91 Å². The second-order valence-electron chi connectivity index (χ2n) is 9.92. The second-order valence-corrected chi connectivity index (χ2v) is 9.92. The molecule has 1 aromatic carbocycles. The number of carbonyl (C=O) groups excluding carboxylic acids is 1. The van der Waals surface area contributed by atoms with Gasteiger partial charge in [0, 0.05) is 23.8 Å². The number of rotatable bonds is 10. The van der Waals surface area contributed by atoms with Gasteiger partial charge in [-0.25, -0.2) is 0 Å². The van der Waals surface area contributed by atoms with Crippen LogP contribution < -0.4 is 5.32 Å². The number of nitrogens with zero attached hydrogens (tertiary/aromatic N) is 2. The number of amides is 1. The van der Waals surface area contributed by atoms with Gasteiger partial charge in [-0.3, -0.25) is 9.78 Å². The van der Waals surface area contributed by atoms with Gasteiger partial charge in [0.15, 0.2) is 0 Å². The van der Waals surface area contributed by atoms with E-state index < -0.39 is 6.10 Å². The smallest absolute Gasteiger partial charge is 0.224 e. The molecule has 4 aromatic rings. The van der Waals surface area contributed by atoms with Crippen molar-refractivity contribution in [1.82, 2.24) is 15.5 Å². The molecule has 0 aliphatic heterocycles. The van der Waals surface area contributed by atoms with Gasteiger partial charge in [0.2, 0.25) is 5.91 Å². The minimum Gasteiger partial charge on any atom is -0.458 e. The van der Waals surface area contributed by atoms with Crippen molar-refractivity contribution >= 4 is 16.9 Å². The summed E-state index contributed by atoms with van der Waals surface area (Å²) in [5.74, 6) is 1.49. The molecule has 0 bridgehead atoms. The third-order valence-corrected chi connectivity index (χ3v) is 6.66. The molecule has 7 heteroatoms. The summed E-state index contributed by atoms with van der Waals surface area (Å²) in [7, 11) is 0. The highest BCUT2D eigenvalue weighted by molar-refractivity contribution is 5.83. The lowest BCUT2D eigenvalue weighted by Gasteiger charge is -2.13. The van der Waals surface area contributed by atoms with Crippen molar-refractivity contribution in [2.24, 2.45) is 5.92 Å². The predicted molar refractivity (Wildman–Crippen MR) is 139 cm³/mol. The number of pyridine rings is 1. The van der Waals surface area contributed by atoms with Gasteiger partial charge in [0.1, 0.15) is 23.2 Å². The third-order valence-electron chi connectivity index (χ3n) is 6.66. The Morgan fingerprint density at radius 2 is 1.94 bits per heavy atom. The number of hydrogen-bond donors (Lipinski definition) is 2. The highest BCUT2D eigenvalue weighted by atomic mass is 16.5. The summed E-state index contributed by atoms with van der Waals surface area (Å²) in [5.41, 5.74) is 6.40. The van der Waals surface area contributed by atoms with Crippen molar-refractivity contribution in [3.63, 3.8) is 0 Å². The summed E-state index contributed by atoms with van der Waals surface area (Å²) in [6, 6.07) is 9.64. The third kappa shape index (κ3) is 6.02. The Balaban J connectivity index is 1.27. The predicted octanol–water partition coefficient (Wildman–Crippen LogP) is 5.45. The average molecular weight is 490 g/mol. The average Bonchev–Trinajstić information content (AvgIpc) is 3.40. The number of aryl methyl sites for hydroxylation is 4. The molecule has 0 fully saturated rings. The summed E-state index contributed by atoms with van der Waals surface area (Å²) in [5, 5.41) is 18.5. The Hall–Kier alpha value is -3.45. The lowest BCUT2D eigenvalue weighted by Crippen LogP contribution is -2.26. The van der Waals surface area contributed by atoms with E-state index in [0.29, 0.717) is 47.2 Å². The monoisotopic (exact) mass is 489 g/mol. The van der Waals surface area contributed by atoms with Gasteiger partial charge in [-0.2, -0.15) is 0 Å². The van der Waals surface area contributed by atoms with Crippen molar-refractivity contribution in [1.29, 1.82) is 0 Å². The van der Waals surface area contributed by atoms with Crippen LogP contribution in [0.3, 0.4) is 0 Å². The van der Waals surface area contributed by atoms with E-state index in [2.05, 4.69) is 42.3 Å². The minimum atomic E-state index is -0.955. The minimum absolute atomic E-state index is 0.00229. The van der Waals surface area contributed by atoms with E-state index in [4.69, 9.17) is 8.94 Å². The van der Waals surface area contributed by atoms with Crippen LogP contribution in [0.4, 0.5) is 0 Å². The first-order chi connectivity index (χ1) is 17.2. The first-order valence-corrected chi connectivity index (χ1v) is 12.5. The largest absolute Gasteiger partial charge is 0.458 e. The quantitative estimate of drug-likeness (QED) is 0.287. The summed E-state index contributed by atoms with van der Waals surface area (Å²) in [4.78, 5) is 17.1. The highest BCUT2D eigenvalue weighted by Gasteiger charge is 2.23. The molecule has 7 nitrogen and oxygen atoms in total. The normalized spacial score (nSPS) is 13.2. The number of fused-ring (bicyclic) bond motifs is 1. The first kappa shape index (κ1) is 25.6. The number of hydrogen-bond acceptors (Lipinski definition) is 6. The zero-order valence-electron chi connectivity index (χ0n) is 21.7. The van der Waals surface area contributed by atoms with Gasteiger partial charge in [0.25, 0.3) is 0 Å². The van der Waals surface area contributed by atoms with Crippen LogP contribution in [0.1, 0.15) is 71.0 Å². The number of nitrogens with one attached hydrogen (secondary N) is 1. The number of benzene rings is 1. The van der Waals surface area contributed by atoms with Crippen molar-refractivity contribution < 1.29 is 18.8 Å². The molecule has 190 valence electrons. The van der Waals surface area contributed by atoms with E-state index in [1.165, 1.54) is 11.1 Å². The van der Waals surface area contributed by atoms with Gasteiger partial charge in [-0.1, -0.05) is 24.2 Å². The Morgan fingerprint density at radius 1 is 1.14 bits per heavy atom. The van der Waals surface area contributed by atoms with Gasteiger partial charge in [0.05, 0.1) is 17.7 Å². The van der Waals surface area contributed by atoms with Crippen LogP contribution >= 0.6 is 0 Å². The fourth-order valence-corrected chi connectivity index (χ4v) is 4.70. The summed E-state index contributed by atoms with van der Waals surface area (Å²) >= 11 is 0.